The Hall–Kier alpha value is -1.94. The van der Waals surface area contributed by atoms with Crippen LogP contribution in [0.1, 0.15) is 29.8 Å². The number of nitrogens with two attached hydrogens (primary N) is 1. The quantitative estimate of drug-likeness (QED) is 0.930. The van der Waals surface area contributed by atoms with Gasteiger partial charge in [-0.3, -0.25) is 0 Å². The second-order valence-electron chi connectivity index (χ2n) is 4.99. The first-order chi connectivity index (χ1) is 9.52. The predicted molar refractivity (Wildman–Crippen MR) is 80.1 cm³/mol. The van der Waals surface area contributed by atoms with E-state index < -0.39 is 0 Å². The van der Waals surface area contributed by atoms with E-state index in [1.165, 1.54) is 6.07 Å². The van der Waals surface area contributed by atoms with Crippen LogP contribution in [0, 0.1) is 12.7 Å². The highest BCUT2D eigenvalue weighted by atomic mass is 19.1. The lowest BCUT2D eigenvalue weighted by Gasteiger charge is -2.27. The molecular formula is C16H20FN3. The minimum Gasteiger partial charge on any atom is -0.353 e. The topological polar surface area (TPSA) is 42.1 Å². The molecule has 106 valence electrons. The third kappa shape index (κ3) is 2.96. The monoisotopic (exact) mass is 273 g/mol. The molecule has 2 aromatic rings. The molecule has 3 nitrogen and oxygen atoms in total. The van der Waals surface area contributed by atoms with Crippen molar-refractivity contribution in [2.45, 2.75) is 26.4 Å². The Morgan fingerprint density at radius 3 is 2.65 bits per heavy atom. The molecule has 1 heterocycles. The number of halogens is 1. The summed E-state index contributed by atoms with van der Waals surface area (Å²) in [6.45, 7) is 4.37. The predicted octanol–water partition coefficient (Wildman–Crippen LogP) is 3.19. The molecule has 2 rings (SSSR count). The van der Waals surface area contributed by atoms with Gasteiger partial charge in [-0.15, -0.1) is 0 Å². The minimum absolute atomic E-state index is 0.101. The summed E-state index contributed by atoms with van der Waals surface area (Å²) < 4.78 is 13.9. The van der Waals surface area contributed by atoms with Crippen molar-refractivity contribution in [1.82, 2.24) is 4.98 Å². The SMILES string of the molecule is Cc1cc(CN)cc(N(C)C(C)c2ccccc2F)n1. The molecule has 0 fully saturated rings. The molecule has 0 aliphatic rings. The van der Waals surface area contributed by atoms with Crippen LogP contribution in [0.25, 0.3) is 0 Å². The molecule has 1 aromatic heterocycles. The average molecular weight is 273 g/mol. The molecule has 0 amide bonds. The van der Waals surface area contributed by atoms with Gasteiger partial charge in [-0.05, 0) is 37.6 Å². The lowest BCUT2D eigenvalue weighted by atomic mass is 10.1. The summed E-state index contributed by atoms with van der Waals surface area (Å²) in [5, 5.41) is 0. The van der Waals surface area contributed by atoms with Crippen LogP contribution in [0.3, 0.4) is 0 Å². The summed E-state index contributed by atoms with van der Waals surface area (Å²) >= 11 is 0. The van der Waals surface area contributed by atoms with Crippen LogP contribution >= 0.6 is 0 Å². The summed E-state index contributed by atoms with van der Waals surface area (Å²) in [7, 11) is 1.92. The van der Waals surface area contributed by atoms with Crippen molar-refractivity contribution < 1.29 is 4.39 Å². The first-order valence-corrected chi connectivity index (χ1v) is 6.68. The van der Waals surface area contributed by atoms with E-state index >= 15 is 0 Å². The van der Waals surface area contributed by atoms with Gasteiger partial charge < -0.3 is 10.6 Å². The van der Waals surface area contributed by atoms with Crippen LogP contribution in [-0.4, -0.2) is 12.0 Å². The molecule has 0 aliphatic carbocycles. The standard InChI is InChI=1S/C16H20FN3/c1-11-8-13(10-18)9-16(19-11)20(3)12(2)14-6-4-5-7-15(14)17/h4-9,12H,10,18H2,1-3H3. The van der Waals surface area contributed by atoms with Gasteiger partial charge >= 0.3 is 0 Å². The number of nitrogens with zero attached hydrogens (tertiary/aromatic N) is 2. The van der Waals surface area contributed by atoms with E-state index in [2.05, 4.69) is 4.98 Å². The van der Waals surface area contributed by atoms with E-state index in [0.29, 0.717) is 12.1 Å². The van der Waals surface area contributed by atoms with Crippen LogP contribution in [-0.2, 0) is 6.54 Å². The number of rotatable bonds is 4. The van der Waals surface area contributed by atoms with Crippen LogP contribution < -0.4 is 10.6 Å². The maximum absolute atomic E-state index is 13.9. The number of aromatic nitrogens is 1. The Balaban J connectivity index is 2.33. The third-order valence-electron chi connectivity index (χ3n) is 3.53. The number of aryl methyl sites for hydroxylation is 1. The number of anilines is 1. The fourth-order valence-electron chi connectivity index (χ4n) is 2.24. The van der Waals surface area contributed by atoms with Crippen molar-refractivity contribution in [2.75, 3.05) is 11.9 Å². The smallest absolute Gasteiger partial charge is 0.129 e. The Bertz CT molecular complexity index is 598. The Labute approximate surface area is 119 Å². The van der Waals surface area contributed by atoms with E-state index in [1.807, 2.05) is 44.0 Å². The molecule has 0 radical (unpaired) electrons. The minimum atomic E-state index is -0.196. The molecule has 1 atom stereocenters. The van der Waals surface area contributed by atoms with Gasteiger partial charge in [0.25, 0.3) is 0 Å². The van der Waals surface area contributed by atoms with Gasteiger partial charge in [0, 0.05) is 24.8 Å². The van der Waals surface area contributed by atoms with E-state index in [9.17, 15) is 4.39 Å². The van der Waals surface area contributed by atoms with Crippen LogP contribution in [0.2, 0.25) is 0 Å². The fraction of sp³-hybridized carbons (Fsp3) is 0.312. The lowest BCUT2D eigenvalue weighted by molar-refractivity contribution is 0.584. The molecule has 2 N–H and O–H groups in total. The number of hydrogen-bond acceptors (Lipinski definition) is 3. The summed E-state index contributed by atoms with van der Waals surface area (Å²) in [6.07, 6.45) is 0. The average Bonchev–Trinajstić information content (AvgIpc) is 2.45. The van der Waals surface area contributed by atoms with Gasteiger partial charge in [0.1, 0.15) is 11.6 Å². The second kappa shape index (κ2) is 6.01. The Morgan fingerprint density at radius 2 is 2.00 bits per heavy atom. The zero-order chi connectivity index (χ0) is 14.7. The zero-order valence-corrected chi connectivity index (χ0v) is 12.1. The third-order valence-corrected chi connectivity index (χ3v) is 3.53. The summed E-state index contributed by atoms with van der Waals surface area (Å²) in [5.41, 5.74) is 8.29. The molecule has 1 aromatic carbocycles. The van der Waals surface area contributed by atoms with Crippen LogP contribution in [0.15, 0.2) is 36.4 Å². The number of benzene rings is 1. The van der Waals surface area contributed by atoms with Gasteiger partial charge in [-0.1, -0.05) is 18.2 Å². The molecular weight excluding hydrogens is 253 g/mol. The van der Waals surface area contributed by atoms with Gasteiger partial charge in [0.05, 0.1) is 6.04 Å². The van der Waals surface area contributed by atoms with Crippen molar-refractivity contribution in [3.05, 3.63) is 59.0 Å². The highest BCUT2D eigenvalue weighted by Gasteiger charge is 2.17. The first-order valence-electron chi connectivity index (χ1n) is 6.68. The number of hydrogen-bond donors (Lipinski definition) is 1. The molecule has 0 bridgehead atoms. The summed E-state index contributed by atoms with van der Waals surface area (Å²) in [6, 6.07) is 10.6. The van der Waals surface area contributed by atoms with Gasteiger partial charge in [-0.25, -0.2) is 9.37 Å². The maximum Gasteiger partial charge on any atom is 0.129 e. The van der Waals surface area contributed by atoms with Crippen LogP contribution in [0.4, 0.5) is 10.2 Å². The highest BCUT2D eigenvalue weighted by molar-refractivity contribution is 5.44. The number of pyridine rings is 1. The van der Waals surface area contributed by atoms with E-state index in [-0.39, 0.29) is 11.9 Å². The molecule has 20 heavy (non-hydrogen) atoms. The van der Waals surface area contributed by atoms with Crippen LogP contribution in [0.5, 0.6) is 0 Å². The Kier molecular flexibility index (Phi) is 4.35. The van der Waals surface area contributed by atoms with Crippen molar-refractivity contribution in [2.24, 2.45) is 5.73 Å². The van der Waals surface area contributed by atoms with Crippen molar-refractivity contribution >= 4 is 5.82 Å². The highest BCUT2D eigenvalue weighted by Crippen LogP contribution is 2.26. The van der Waals surface area contributed by atoms with Crippen molar-refractivity contribution in [3.63, 3.8) is 0 Å². The van der Waals surface area contributed by atoms with Crippen molar-refractivity contribution in [1.29, 1.82) is 0 Å². The van der Waals surface area contributed by atoms with Gasteiger partial charge in [0.2, 0.25) is 0 Å². The van der Waals surface area contributed by atoms with E-state index in [4.69, 9.17) is 5.73 Å². The Morgan fingerprint density at radius 1 is 1.30 bits per heavy atom. The molecule has 0 saturated carbocycles. The van der Waals surface area contributed by atoms with Crippen molar-refractivity contribution in [3.8, 4) is 0 Å². The first kappa shape index (κ1) is 14.5. The molecule has 0 spiro atoms. The molecule has 0 saturated heterocycles. The second-order valence-corrected chi connectivity index (χ2v) is 4.99. The maximum atomic E-state index is 13.9. The lowest BCUT2D eigenvalue weighted by Crippen LogP contribution is -2.24. The van der Waals surface area contributed by atoms with E-state index in [0.717, 1.165) is 17.1 Å². The molecule has 1 unspecified atom stereocenters. The summed E-state index contributed by atoms with van der Waals surface area (Å²) in [4.78, 5) is 6.47. The summed E-state index contributed by atoms with van der Waals surface area (Å²) in [5.74, 6) is 0.611. The fourth-order valence-corrected chi connectivity index (χ4v) is 2.24. The zero-order valence-electron chi connectivity index (χ0n) is 12.1. The normalized spacial score (nSPS) is 12.2. The largest absolute Gasteiger partial charge is 0.353 e. The molecule has 4 heteroatoms. The van der Waals surface area contributed by atoms with Gasteiger partial charge in [0.15, 0.2) is 0 Å². The van der Waals surface area contributed by atoms with E-state index in [1.54, 1.807) is 12.1 Å². The molecule has 0 aliphatic heterocycles. The van der Waals surface area contributed by atoms with Gasteiger partial charge in [-0.2, -0.15) is 0 Å².